The van der Waals surface area contributed by atoms with E-state index in [-0.39, 0.29) is 11.7 Å². The van der Waals surface area contributed by atoms with Crippen molar-refractivity contribution in [1.29, 1.82) is 5.26 Å². The molecule has 0 radical (unpaired) electrons. The van der Waals surface area contributed by atoms with Gasteiger partial charge in [-0.1, -0.05) is 11.6 Å². The van der Waals surface area contributed by atoms with Gasteiger partial charge in [0.15, 0.2) is 0 Å². The summed E-state index contributed by atoms with van der Waals surface area (Å²) in [5.41, 5.74) is -0.514. The molecule has 0 aromatic rings. The summed E-state index contributed by atoms with van der Waals surface area (Å²) in [6.45, 7) is 21.7. The number of nitriles is 1. The number of hydrogen-bond acceptors (Lipinski definition) is 6. The molecular weight excluding hydrogens is 404 g/mol. The first-order chi connectivity index (χ1) is 14.6. The van der Waals surface area contributed by atoms with Crippen LogP contribution in [0.1, 0.15) is 82.1 Å². The highest BCUT2D eigenvalue weighted by Gasteiger charge is 2.58. The van der Waals surface area contributed by atoms with Crippen molar-refractivity contribution in [1.82, 2.24) is 0 Å². The summed E-state index contributed by atoms with van der Waals surface area (Å²) in [6.07, 6.45) is 4.11. The van der Waals surface area contributed by atoms with E-state index in [4.69, 9.17) is 23.4 Å². The van der Waals surface area contributed by atoms with Gasteiger partial charge in [-0.25, -0.2) is 0 Å². The van der Waals surface area contributed by atoms with E-state index < -0.39 is 36.6 Å². The van der Waals surface area contributed by atoms with Gasteiger partial charge < -0.3 is 23.4 Å². The maximum Gasteiger partial charge on any atom is 0.461 e. The molecule has 2 saturated heterocycles. The molecule has 0 aliphatic carbocycles. The lowest BCUT2D eigenvalue weighted by molar-refractivity contribution is 0.00578. The molecule has 2 atom stereocenters. The molecule has 6 nitrogen and oxygen atoms in total. The third-order valence-electron chi connectivity index (χ3n) is 7.48. The van der Waals surface area contributed by atoms with Gasteiger partial charge in [0.2, 0.25) is 0 Å². The first-order valence-electron chi connectivity index (χ1n) is 11.9. The average Bonchev–Trinajstić information content (AvgIpc) is 2.98. The maximum atomic E-state index is 10.1. The normalized spacial score (nSPS) is 24.8. The smallest absolute Gasteiger partial charge is 0.403 e. The van der Waals surface area contributed by atoms with E-state index in [9.17, 15) is 5.26 Å². The topological polar surface area (TPSA) is 69.9 Å². The molecule has 2 heterocycles. The second kappa shape index (κ2) is 10.2. The summed E-state index contributed by atoms with van der Waals surface area (Å²) < 4.78 is 31.0. The van der Waals surface area contributed by atoms with E-state index in [0.29, 0.717) is 26.0 Å². The highest BCUT2D eigenvalue weighted by Crippen LogP contribution is 2.46. The van der Waals surface area contributed by atoms with Crippen LogP contribution in [-0.2, 0) is 23.4 Å². The van der Waals surface area contributed by atoms with Gasteiger partial charge in [0.05, 0.1) is 35.1 Å². The number of allylic oxidation sites excluding steroid dienone is 1. The van der Waals surface area contributed by atoms with Crippen molar-refractivity contribution < 1.29 is 23.4 Å². The molecule has 8 heteroatoms. The zero-order valence-electron chi connectivity index (χ0n) is 21.9. The van der Waals surface area contributed by atoms with Gasteiger partial charge in [-0.2, -0.15) is 5.26 Å². The second-order valence-electron chi connectivity index (χ2n) is 11.4. The summed E-state index contributed by atoms with van der Waals surface area (Å²) in [6, 6.07) is 2.52. The van der Waals surface area contributed by atoms with Crippen LogP contribution in [0.15, 0.2) is 11.6 Å². The van der Waals surface area contributed by atoms with Crippen molar-refractivity contribution in [2.24, 2.45) is 5.92 Å². The van der Waals surface area contributed by atoms with Crippen LogP contribution in [0.3, 0.4) is 0 Å². The van der Waals surface area contributed by atoms with Crippen molar-refractivity contribution in [3.63, 3.8) is 0 Å². The highest BCUT2D eigenvalue weighted by molar-refractivity contribution is 6.53. The standard InChI is InChI=1S/C24H43B2NO5/c1-18(2)13-15-28-14-11-12-19(17-27)20(26-31-23(7,8)24(9,10)32-26)16-25-29-21(3,4)22(5,6)30-25/h13,19-20H,11-12,14-16H2,1-10H3. The van der Waals surface area contributed by atoms with E-state index in [1.807, 2.05) is 55.4 Å². The minimum absolute atomic E-state index is 0.173. The molecule has 2 fully saturated rings. The third kappa shape index (κ3) is 6.39. The zero-order valence-corrected chi connectivity index (χ0v) is 21.9. The van der Waals surface area contributed by atoms with Crippen molar-refractivity contribution in [2.45, 2.75) is 117 Å². The number of rotatable bonds is 10. The Morgan fingerprint density at radius 1 is 0.906 bits per heavy atom. The van der Waals surface area contributed by atoms with Crippen LogP contribution in [0.2, 0.25) is 12.1 Å². The fourth-order valence-corrected chi connectivity index (χ4v) is 3.90. The third-order valence-corrected chi connectivity index (χ3v) is 7.48. The number of hydrogen-bond donors (Lipinski definition) is 0. The van der Waals surface area contributed by atoms with Crippen LogP contribution in [0, 0.1) is 17.2 Å². The highest BCUT2D eigenvalue weighted by atomic mass is 16.7. The van der Waals surface area contributed by atoms with Gasteiger partial charge in [0, 0.05) is 18.3 Å². The van der Waals surface area contributed by atoms with Gasteiger partial charge in [0.1, 0.15) is 0 Å². The summed E-state index contributed by atoms with van der Waals surface area (Å²) in [5.74, 6) is -0.427. The Hall–Kier alpha value is -0.840. The maximum absolute atomic E-state index is 10.1. The minimum atomic E-state index is -0.490. The molecule has 0 amide bonds. The lowest BCUT2D eigenvalue weighted by Crippen LogP contribution is -2.41. The molecule has 2 aliphatic rings. The molecule has 32 heavy (non-hydrogen) atoms. The Bertz CT molecular complexity index is 678. The molecule has 180 valence electrons. The van der Waals surface area contributed by atoms with Crippen LogP contribution >= 0.6 is 0 Å². The largest absolute Gasteiger partial charge is 0.461 e. The van der Waals surface area contributed by atoms with E-state index in [0.717, 1.165) is 6.42 Å². The van der Waals surface area contributed by atoms with Gasteiger partial charge in [-0.05, 0) is 88.4 Å². The Labute approximate surface area is 196 Å². The van der Waals surface area contributed by atoms with Crippen LogP contribution in [-0.4, -0.2) is 49.9 Å². The first-order valence-corrected chi connectivity index (χ1v) is 11.9. The van der Waals surface area contributed by atoms with E-state index in [1.165, 1.54) is 5.57 Å². The minimum Gasteiger partial charge on any atom is -0.403 e. The van der Waals surface area contributed by atoms with E-state index in [2.05, 4.69) is 26.0 Å². The number of ether oxygens (including phenoxy) is 1. The van der Waals surface area contributed by atoms with E-state index >= 15 is 0 Å². The van der Waals surface area contributed by atoms with Gasteiger partial charge in [-0.3, -0.25) is 0 Å². The average molecular weight is 447 g/mol. The Balaban J connectivity index is 2.11. The molecule has 2 rings (SSSR count). The zero-order chi connectivity index (χ0) is 24.4. The monoisotopic (exact) mass is 447 g/mol. The molecule has 0 saturated carbocycles. The van der Waals surface area contributed by atoms with Crippen molar-refractivity contribution >= 4 is 14.2 Å². The Kier molecular flexibility index (Phi) is 8.73. The summed E-state index contributed by atoms with van der Waals surface area (Å²) >= 11 is 0. The predicted molar refractivity (Wildman–Crippen MR) is 129 cm³/mol. The molecule has 2 aliphatic heterocycles. The molecule has 0 aromatic carbocycles. The summed E-state index contributed by atoms with van der Waals surface area (Å²) in [4.78, 5) is 0. The van der Waals surface area contributed by atoms with E-state index in [1.54, 1.807) is 0 Å². The van der Waals surface area contributed by atoms with Crippen molar-refractivity contribution in [2.75, 3.05) is 13.2 Å². The van der Waals surface area contributed by atoms with Crippen LogP contribution in [0.5, 0.6) is 0 Å². The quantitative estimate of drug-likeness (QED) is 0.252. The first kappa shape index (κ1) is 27.4. The molecule has 0 spiro atoms. The van der Waals surface area contributed by atoms with Crippen LogP contribution < -0.4 is 0 Å². The fraction of sp³-hybridized carbons (Fsp3) is 0.875. The lowest BCUT2D eigenvalue weighted by atomic mass is 9.56. The van der Waals surface area contributed by atoms with Gasteiger partial charge in [0.25, 0.3) is 0 Å². The van der Waals surface area contributed by atoms with Crippen LogP contribution in [0.25, 0.3) is 0 Å². The fourth-order valence-electron chi connectivity index (χ4n) is 3.90. The van der Waals surface area contributed by atoms with Crippen LogP contribution in [0.4, 0.5) is 0 Å². The molecule has 0 bridgehead atoms. The Morgan fingerprint density at radius 2 is 1.41 bits per heavy atom. The Morgan fingerprint density at radius 3 is 1.88 bits per heavy atom. The van der Waals surface area contributed by atoms with Gasteiger partial charge >= 0.3 is 14.2 Å². The van der Waals surface area contributed by atoms with Crippen molar-refractivity contribution in [3.05, 3.63) is 11.6 Å². The molecular formula is C24H43B2NO5. The lowest BCUT2D eigenvalue weighted by Gasteiger charge is -2.32. The number of nitrogens with zero attached hydrogens (tertiary/aromatic N) is 1. The summed E-state index contributed by atoms with van der Waals surface area (Å²) in [7, 11) is -0.899. The molecule has 0 N–H and O–H groups in total. The molecule has 2 unspecified atom stereocenters. The van der Waals surface area contributed by atoms with Gasteiger partial charge in [-0.15, -0.1) is 0 Å². The molecule has 0 aromatic heterocycles. The van der Waals surface area contributed by atoms with Crippen molar-refractivity contribution in [3.8, 4) is 6.07 Å². The summed E-state index contributed by atoms with van der Waals surface area (Å²) in [5, 5.41) is 10.1. The second-order valence-corrected chi connectivity index (χ2v) is 11.4. The predicted octanol–water partition coefficient (Wildman–Crippen LogP) is 5.44. The SMILES string of the molecule is CC(C)=CCOCCCC(C#N)C(CB1OC(C)(C)C(C)(C)O1)B1OC(C)(C)C(C)(C)O1.